The van der Waals surface area contributed by atoms with Gasteiger partial charge in [0.2, 0.25) is 10.0 Å². The van der Waals surface area contributed by atoms with Crippen molar-refractivity contribution < 1.29 is 8.42 Å². The summed E-state index contributed by atoms with van der Waals surface area (Å²) in [6, 6.07) is 0.398. The molecule has 1 heterocycles. The van der Waals surface area contributed by atoms with E-state index in [1.54, 1.807) is 0 Å². The molecular weight excluding hydrogens is 270 g/mol. The van der Waals surface area contributed by atoms with Gasteiger partial charge in [-0.25, -0.2) is 18.5 Å². The first-order chi connectivity index (χ1) is 8.45. The van der Waals surface area contributed by atoms with Gasteiger partial charge in [-0.05, 0) is 25.2 Å². The number of anilines is 1. The number of nitrogens with two attached hydrogens (primary N) is 1. The number of sulfonamides is 1. The summed E-state index contributed by atoms with van der Waals surface area (Å²) < 4.78 is 22.4. The maximum atomic E-state index is 11.2. The van der Waals surface area contributed by atoms with Crippen LogP contribution in [0.4, 0.5) is 5.13 Å². The van der Waals surface area contributed by atoms with Gasteiger partial charge in [0.1, 0.15) is 0 Å². The molecule has 102 valence electrons. The molecular formula is C11H19N3O2S2. The maximum Gasteiger partial charge on any atom is 0.249 e. The van der Waals surface area contributed by atoms with Crippen LogP contribution < -0.4 is 10.5 Å². The Morgan fingerprint density at radius 2 is 2.17 bits per heavy atom. The van der Waals surface area contributed by atoms with Crippen LogP contribution in [0.5, 0.6) is 0 Å². The largest absolute Gasteiger partial charge is 0.359 e. The van der Waals surface area contributed by atoms with E-state index in [9.17, 15) is 8.42 Å². The summed E-state index contributed by atoms with van der Waals surface area (Å²) in [6.07, 6.45) is 7.26. The summed E-state index contributed by atoms with van der Waals surface area (Å²) in [5.74, 6) is 0.785. The Morgan fingerprint density at radius 3 is 2.83 bits per heavy atom. The zero-order chi connectivity index (χ0) is 13.2. The summed E-state index contributed by atoms with van der Waals surface area (Å²) in [7, 11) is -3.62. The molecule has 18 heavy (non-hydrogen) atoms. The molecule has 2 atom stereocenters. The molecule has 5 nitrogen and oxygen atoms in total. The molecule has 2 unspecified atom stereocenters. The van der Waals surface area contributed by atoms with Crippen molar-refractivity contribution in [2.75, 3.05) is 5.32 Å². The van der Waals surface area contributed by atoms with E-state index in [2.05, 4.69) is 17.2 Å². The topological polar surface area (TPSA) is 85.1 Å². The van der Waals surface area contributed by atoms with E-state index in [0.717, 1.165) is 30.1 Å². The molecule has 3 N–H and O–H groups in total. The van der Waals surface area contributed by atoms with Crippen molar-refractivity contribution in [2.45, 2.75) is 49.3 Å². The average Bonchev–Trinajstić information content (AvgIpc) is 2.65. The van der Waals surface area contributed by atoms with Gasteiger partial charge in [0.05, 0.1) is 6.20 Å². The van der Waals surface area contributed by atoms with Crippen molar-refractivity contribution in [3.8, 4) is 0 Å². The fourth-order valence-electron chi connectivity index (χ4n) is 2.26. The number of thiazole rings is 1. The molecule has 0 saturated heterocycles. The van der Waals surface area contributed by atoms with Crippen LogP contribution >= 0.6 is 11.3 Å². The zero-order valence-electron chi connectivity index (χ0n) is 10.4. The normalized spacial score (nSPS) is 25.7. The van der Waals surface area contributed by atoms with Gasteiger partial charge in [-0.3, -0.25) is 0 Å². The molecule has 1 aromatic heterocycles. The Balaban J connectivity index is 1.99. The van der Waals surface area contributed by atoms with Crippen molar-refractivity contribution >= 4 is 26.5 Å². The Bertz CT molecular complexity index is 498. The van der Waals surface area contributed by atoms with E-state index in [1.165, 1.54) is 25.5 Å². The highest BCUT2D eigenvalue weighted by Crippen LogP contribution is 2.27. The van der Waals surface area contributed by atoms with Crippen LogP contribution in [-0.4, -0.2) is 19.4 Å². The van der Waals surface area contributed by atoms with Crippen LogP contribution in [0.15, 0.2) is 10.4 Å². The third-order valence-corrected chi connectivity index (χ3v) is 5.69. The number of hydrogen-bond acceptors (Lipinski definition) is 5. The van der Waals surface area contributed by atoms with Crippen molar-refractivity contribution in [1.82, 2.24) is 4.98 Å². The summed E-state index contributed by atoms with van der Waals surface area (Å²) in [5.41, 5.74) is 0. The van der Waals surface area contributed by atoms with Gasteiger partial charge in [0.25, 0.3) is 0 Å². The highest BCUT2D eigenvalue weighted by atomic mass is 32.2. The molecule has 1 saturated carbocycles. The summed E-state index contributed by atoms with van der Waals surface area (Å²) in [6.45, 7) is 2.28. The summed E-state index contributed by atoms with van der Waals surface area (Å²) >= 11 is 1.11. The molecule has 1 aromatic rings. The molecule has 0 aromatic carbocycles. The summed E-state index contributed by atoms with van der Waals surface area (Å²) in [4.78, 5) is 4.07. The van der Waals surface area contributed by atoms with E-state index < -0.39 is 10.0 Å². The highest BCUT2D eigenvalue weighted by molar-refractivity contribution is 7.91. The highest BCUT2D eigenvalue weighted by Gasteiger charge is 2.18. The van der Waals surface area contributed by atoms with Gasteiger partial charge in [-0.2, -0.15) is 0 Å². The number of rotatable bonds is 3. The van der Waals surface area contributed by atoms with E-state index >= 15 is 0 Å². The number of nitrogens with one attached hydrogen (secondary N) is 1. The lowest BCUT2D eigenvalue weighted by atomic mass is 10.0. The number of aromatic nitrogens is 1. The molecule has 0 aliphatic heterocycles. The van der Waals surface area contributed by atoms with Crippen LogP contribution in [0.1, 0.15) is 39.0 Å². The molecule has 1 aliphatic carbocycles. The van der Waals surface area contributed by atoms with Gasteiger partial charge in [0, 0.05) is 6.04 Å². The number of nitrogens with zero attached hydrogens (tertiary/aromatic N) is 1. The first kappa shape index (κ1) is 13.8. The van der Waals surface area contributed by atoms with Crippen molar-refractivity contribution in [3.63, 3.8) is 0 Å². The van der Waals surface area contributed by atoms with Crippen molar-refractivity contribution in [2.24, 2.45) is 11.1 Å². The van der Waals surface area contributed by atoms with Gasteiger partial charge in [0.15, 0.2) is 9.34 Å². The predicted octanol–water partition coefficient (Wildman–Crippen LogP) is 2.17. The number of primary sulfonamides is 1. The Morgan fingerprint density at radius 1 is 1.39 bits per heavy atom. The van der Waals surface area contributed by atoms with E-state index in [0.29, 0.717) is 11.2 Å². The molecule has 7 heteroatoms. The van der Waals surface area contributed by atoms with Gasteiger partial charge in [-0.1, -0.05) is 31.1 Å². The average molecular weight is 289 g/mol. The van der Waals surface area contributed by atoms with Crippen LogP contribution in [-0.2, 0) is 10.0 Å². The minimum Gasteiger partial charge on any atom is -0.359 e. The molecule has 0 radical (unpaired) electrons. The standard InChI is InChI=1S/C11H19N3O2S2/c1-8-3-2-4-9(6-5-8)14-11-13-7-10(17-11)18(12,15)16/h7-9H,2-6H2,1H3,(H,13,14)(H2,12,15,16). The molecule has 1 fully saturated rings. The second-order valence-electron chi connectivity index (χ2n) is 4.98. The van der Waals surface area contributed by atoms with Gasteiger partial charge < -0.3 is 5.32 Å². The van der Waals surface area contributed by atoms with Gasteiger partial charge in [-0.15, -0.1) is 0 Å². The lowest BCUT2D eigenvalue weighted by Crippen LogP contribution is -2.18. The minimum absolute atomic E-state index is 0.118. The fourth-order valence-corrected chi connectivity index (χ4v) is 3.79. The molecule has 2 rings (SSSR count). The van der Waals surface area contributed by atoms with Crippen molar-refractivity contribution in [1.29, 1.82) is 0 Å². The lowest BCUT2D eigenvalue weighted by molar-refractivity contribution is 0.502. The quantitative estimate of drug-likeness (QED) is 0.835. The Hall–Kier alpha value is -0.660. The van der Waals surface area contributed by atoms with E-state index in [-0.39, 0.29) is 4.21 Å². The minimum atomic E-state index is -3.62. The smallest absolute Gasteiger partial charge is 0.249 e. The molecule has 0 bridgehead atoms. The Kier molecular flexibility index (Phi) is 4.24. The fraction of sp³-hybridized carbons (Fsp3) is 0.727. The van der Waals surface area contributed by atoms with Crippen LogP contribution in [0.2, 0.25) is 0 Å². The van der Waals surface area contributed by atoms with E-state index in [1.807, 2.05) is 0 Å². The van der Waals surface area contributed by atoms with Crippen molar-refractivity contribution in [3.05, 3.63) is 6.20 Å². The SMILES string of the molecule is CC1CCCC(Nc2ncc(S(N)(=O)=O)s2)CC1. The molecule has 1 aliphatic rings. The third kappa shape index (κ3) is 3.66. The first-order valence-electron chi connectivity index (χ1n) is 6.20. The summed E-state index contributed by atoms with van der Waals surface area (Å²) in [5, 5.41) is 9.03. The van der Waals surface area contributed by atoms with Crippen LogP contribution in [0, 0.1) is 5.92 Å². The molecule has 0 spiro atoms. The second-order valence-corrected chi connectivity index (χ2v) is 7.80. The molecule has 0 amide bonds. The van der Waals surface area contributed by atoms with Crippen LogP contribution in [0.3, 0.4) is 0 Å². The number of hydrogen-bond donors (Lipinski definition) is 2. The predicted molar refractivity (Wildman–Crippen MR) is 73.1 cm³/mol. The zero-order valence-corrected chi connectivity index (χ0v) is 12.1. The second kappa shape index (κ2) is 5.54. The van der Waals surface area contributed by atoms with Gasteiger partial charge >= 0.3 is 0 Å². The monoisotopic (exact) mass is 289 g/mol. The third-order valence-electron chi connectivity index (χ3n) is 3.35. The maximum absolute atomic E-state index is 11.2. The first-order valence-corrected chi connectivity index (χ1v) is 8.56. The van der Waals surface area contributed by atoms with Crippen LogP contribution in [0.25, 0.3) is 0 Å². The van der Waals surface area contributed by atoms with E-state index in [4.69, 9.17) is 5.14 Å². The lowest BCUT2D eigenvalue weighted by Gasteiger charge is -2.15. The Labute approximate surface area is 112 Å².